The topological polar surface area (TPSA) is 204 Å². The fraction of sp³-hybridized carbons (Fsp3) is 0.483. The van der Waals surface area contributed by atoms with E-state index in [9.17, 15) is 19.8 Å². The van der Waals surface area contributed by atoms with Gasteiger partial charge in [0.1, 0.15) is 41.3 Å². The SMILES string of the molecule is CCc1cccc2cc(O)cc(-c3ncc4c(N5CC6CCC(C5)N6)nc(OCCN5CCC(C)(CCOc6cc([C@H](C(=O)N7C[C@H](O)C[C@H]7C(=O)N[C@@H](C)c7ccc(-c8scnc8C)cc7)C(C)C)on6)CC5)nc4c3F)c12. The van der Waals surface area contributed by atoms with Crippen molar-refractivity contribution in [3.05, 3.63) is 101 Å². The van der Waals surface area contributed by atoms with E-state index in [1.165, 1.54) is 4.90 Å². The molecule has 0 spiro atoms. The zero-order valence-electron chi connectivity index (χ0n) is 45.9. The molecule has 3 aromatic carbocycles. The van der Waals surface area contributed by atoms with E-state index in [-0.39, 0.29) is 65.1 Å². The highest BCUT2D eigenvalue weighted by atomic mass is 32.1. The second-order valence-electron chi connectivity index (χ2n) is 22.8. The van der Waals surface area contributed by atoms with Crippen molar-refractivity contribution in [1.82, 2.24) is 45.5 Å². The Morgan fingerprint density at radius 3 is 2.48 bits per heavy atom. The molecule has 4 aromatic heterocycles. The van der Waals surface area contributed by atoms with Crippen LogP contribution >= 0.6 is 11.3 Å². The molecule has 7 aromatic rings. The number of aliphatic hydroxyl groups excluding tert-OH is 1. The van der Waals surface area contributed by atoms with Gasteiger partial charge >= 0.3 is 6.01 Å². The number of aromatic hydroxyl groups is 1. The number of carbonyl (C=O) groups is 2. The number of fused-ring (bicyclic) bond motifs is 4. The first-order chi connectivity index (χ1) is 38.1. The first-order valence-electron chi connectivity index (χ1n) is 28.0. The number of piperazine rings is 1. The summed E-state index contributed by atoms with van der Waals surface area (Å²) in [5, 5.41) is 34.7. The summed E-state index contributed by atoms with van der Waals surface area (Å²) in [4.78, 5) is 54.0. The summed E-state index contributed by atoms with van der Waals surface area (Å²) >= 11 is 1.59. The van der Waals surface area contributed by atoms with E-state index in [1.807, 2.05) is 75.7 Å². The molecular weight excluding hydrogens is 1020 g/mol. The van der Waals surface area contributed by atoms with Gasteiger partial charge in [-0.25, -0.2) is 9.37 Å². The van der Waals surface area contributed by atoms with E-state index in [1.54, 1.807) is 35.7 Å². The summed E-state index contributed by atoms with van der Waals surface area (Å²) in [6.45, 7) is 16.7. The van der Waals surface area contributed by atoms with Gasteiger partial charge in [0.05, 0.1) is 40.2 Å². The predicted octanol–water partition coefficient (Wildman–Crippen LogP) is 9.14. The number of carbonyl (C=O) groups excluding carboxylic acids is 2. The molecule has 11 rings (SSSR count). The molecule has 416 valence electrons. The average Bonchev–Trinajstić information content (AvgIpc) is 4.28. The summed E-state index contributed by atoms with van der Waals surface area (Å²) < 4.78 is 35.4. The van der Waals surface area contributed by atoms with Crippen molar-refractivity contribution in [2.45, 2.75) is 123 Å². The van der Waals surface area contributed by atoms with Gasteiger partial charge in [0.2, 0.25) is 11.8 Å². The van der Waals surface area contributed by atoms with Crippen LogP contribution in [-0.4, -0.2) is 134 Å². The molecule has 0 saturated carbocycles. The zero-order chi connectivity index (χ0) is 55.1. The van der Waals surface area contributed by atoms with Gasteiger partial charge in [0.15, 0.2) is 11.6 Å². The maximum atomic E-state index is 17.1. The number of piperidine rings is 1. The Hall–Kier alpha value is -6.80. The molecule has 2 bridgehead atoms. The first-order valence-corrected chi connectivity index (χ1v) is 28.9. The smallest absolute Gasteiger partial charge is 0.319 e. The number of thiazole rings is 1. The fourth-order valence-electron chi connectivity index (χ4n) is 12.3. The zero-order valence-corrected chi connectivity index (χ0v) is 46.7. The van der Waals surface area contributed by atoms with Crippen molar-refractivity contribution in [2.24, 2.45) is 11.3 Å². The molecule has 0 aliphatic carbocycles. The van der Waals surface area contributed by atoms with Gasteiger partial charge < -0.3 is 44.6 Å². The molecule has 4 aliphatic rings. The van der Waals surface area contributed by atoms with Crippen LogP contribution in [0.4, 0.5) is 10.2 Å². The number of nitrogens with zero attached hydrogens (tertiary/aromatic N) is 8. The van der Waals surface area contributed by atoms with Gasteiger partial charge in [-0.3, -0.25) is 19.5 Å². The van der Waals surface area contributed by atoms with E-state index < -0.39 is 23.9 Å². The number of ether oxygens (including phenoxy) is 2. The number of rotatable bonds is 18. The molecule has 17 nitrogen and oxygen atoms in total. The van der Waals surface area contributed by atoms with Crippen molar-refractivity contribution < 1.29 is 38.2 Å². The number of halogens is 1. The highest BCUT2D eigenvalue weighted by molar-refractivity contribution is 7.13. The summed E-state index contributed by atoms with van der Waals surface area (Å²) in [5.41, 5.74) is 6.60. The van der Waals surface area contributed by atoms with Crippen molar-refractivity contribution >= 4 is 50.6 Å². The van der Waals surface area contributed by atoms with Crippen molar-refractivity contribution in [3.8, 4) is 39.3 Å². The number of phenolic OH excluding ortho intramolecular Hbond substituents is 1. The van der Waals surface area contributed by atoms with Gasteiger partial charge in [0, 0.05) is 62.5 Å². The van der Waals surface area contributed by atoms with Crippen LogP contribution in [0.15, 0.2) is 76.9 Å². The van der Waals surface area contributed by atoms with E-state index in [0.29, 0.717) is 60.2 Å². The lowest BCUT2D eigenvalue weighted by Gasteiger charge is -2.39. The van der Waals surface area contributed by atoms with Crippen molar-refractivity contribution in [3.63, 3.8) is 0 Å². The van der Waals surface area contributed by atoms with E-state index in [4.69, 9.17) is 28.9 Å². The number of aromatic nitrogens is 5. The van der Waals surface area contributed by atoms with Gasteiger partial charge in [-0.05, 0) is 122 Å². The molecule has 19 heteroatoms. The number of pyridine rings is 1. The predicted molar refractivity (Wildman–Crippen MR) is 302 cm³/mol. The summed E-state index contributed by atoms with van der Waals surface area (Å²) in [6.07, 6.45) is 6.50. The minimum Gasteiger partial charge on any atom is -0.508 e. The Morgan fingerprint density at radius 1 is 0.987 bits per heavy atom. The number of amides is 2. The van der Waals surface area contributed by atoms with Gasteiger partial charge in [-0.2, -0.15) is 9.97 Å². The fourth-order valence-corrected chi connectivity index (χ4v) is 13.1. The normalized spacial score (nSPS) is 21.0. The minimum atomic E-state index is -0.847. The number of hydrogen-bond donors (Lipinski definition) is 4. The summed E-state index contributed by atoms with van der Waals surface area (Å²) in [5.74, 6) is -0.865. The lowest BCUT2D eigenvalue weighted by Crippen LogP contribution is -2.51. The Kier molecular flexibility index (Phi) is 15.6. The Morgan fingerprint density at radius 2 is 1.76 bits per heavy atom. The number of phenols is 1. The summed E-state index contributed by atoms with van der Waals surface area (Å²) in [6, 6.07) is 18.5. The second kappa shape index (κ2) is 22.7. The standard InChI is InChI=1S/C60H71FN10O7S/c1-7-37-9-8-10-40-25-43(72)26-45(51(37)40)53-52(61)54-46(29-62-53)56(70-30-41-15-16-42(31-70)65-41)67-59(66-54)77-24-22-69-20-17-60(6,18-21-69)19-23-76-49-28-48(78-68-49)50(34(2)3)58(75)71-32-44(73)27-47(71)57(74)64-35(4)38-11-13-39(14-12-38)55-36(5)63-33-79-55/h8-14,25-26,28-29,33-35,41-42,44,47,50,65,72-73H,7,15-24,27,30-32H2,1-6H3,(H,64,74)/t35-,41?,42?,44+,47-,50+/m0/s1. The molecule has 2 unspecified atom stereocenters. The number of likely N-dealkylation sites (tertiary alicyclic amines) is 2. The van der Waals surface area contributed by atoms with Crippen LogP contribution in [0, 0.1) is 24.1 Å². The lowest BCUT2D eigenvalue weighted by atomic mass is 9.78. The number of hydrogen-bond acceptors (Lipinski definition) is 16. The molecule has 4 saturated heterocycles. The first kappa shape index (κ1) is 54.2. The van der Waals surface area contributed by atoms with Crippen LogP contribution in [0.2, 0.25) is 0 Å². The lowest BCUT2D eigenvalue weighted by molar-refractivity contribution is -0.141. The van der Waals surface area contributed by atoms with Crippen LogP contribution in [0.25, 0.3) is 43.4 Å². The maximum Gasteiger partial charge on any atom is 0.319 e. The third-order valence-corrected chi connectivity index (χ3v) is 17.9. The molecule has 4 fully saturated rings. The van der Waals surface area contributed by atoms with Crippen molar-refractivity contribution in [2.75, 3.05) is 57.4 Å². The van der Waals surface area contributed by atoms with Crippen LogP contribution in [-0.2, 0) is 16.0 Å². The second-order valence-corrected chi connectivity index (χ2v) is 23.7. The monoisotopic (exact) mass is 1090 g/mol. The average molecular weight is 1100 g/mol. The maximum absolute atomic E-state index is 17.1. The number of aryl methyl sites for hydroxylation is 2. The number of β-amino-alcohol motifs (C(OH)–C–C–N with tert-alkyl or cyclic N) is 1. The molecule has 4 aliphatic heterocycles. The van der Waals surface area contributed by atoms with Gasteiger partial charge in [-0.15, -0.1) is 11.3 Å². The number of benzene rings is 3. The quantitative estimate of drug-likeness (QED) is 0.0633. The highest BCUT2D eigenvalue weighted by Crippen LogP contribution is 2.41. The molecule has 2 amide bonds. The van der Waals surface area contributed by atoms with Crippen LogP contribution in [0.3, 0.4) is 0 Å². The third kappa shape index (κ3) is 11.4. The summed E-state index contributed by atoms with van der Waals surface area (Å²) in [7, 11) is 0. The molecule has 79 heavy (non-hydrogen) atoms. The number of aliphatic hydroxyl groups is 1. The molecule has 8 heterocycles. The number of nitrogens with one attached hydrogen (secondary N) is 2. The van der Waals surface area contributed by atoms with Crippen LogP contribution in [0.5, 0.6) is 17.6 Å². The van der Waals surface area contributed by atoms with E-state index in [2.05, 4.69) is 44.4 Å². The largest absolute Gasteiger partial charge is 0.508 e. The molecule has 4 N–H and O–H groups in total. The van der Waals surface area contributed by atoms with E-state index in [0.717, 1.165) is 103 Å². The van der Waals surface area contributed by atoms with Crippen molar-refractivity contribution in [1.29, 1.82) is 0 Å². The van der Waals surface area contributed by atoms with Gasteiger partial charge in [-0.1, -0.05) is 70.2 Å². The molecule has 6 atom stereocenters. The minimum absolute atomic E-state index is 0.00949. The third-order valence-electron chi connectivity index (χ3n) is 16.9. The molecular formula is C60H71FN10O7S. The van der Waals surface area contributed by atoms with E-state index >= 15 is 4.39 Å². The van der Waals surface area contributed by atoms with Crippen LogP contribution in [0.1, 0.15) is 108 Å². The van der Waals surface area contributed by atoms with Crippen LogP contribution < -0.4 is 25.0 Å². The molecule has 0 radical (unpaired) electrons. The Labute approximate surface area is 463 Å². The highest BCUT2D eigenvalue weighted by Gasteiger charge is 2.44. The Balaban J connectivity index is 0.693. The number of anilines is 1. The Bertz CT molecular complexity index is 3330. The van der Waals surface area contributed by atoms with Gasteiger partial charge in [0.25, 0.3) is 5.88 Å².